The molecule has 9 nitrogen and oxygen atoms in total. The number of aromatic amines is 1. The van der Waals surface area contributed by atoms with Crippen molar-refractivity contribution in [2.45, 2.75) is 38.5 Å². The number of amides is 1. The molecule has 3 fully saturated rings. The van der Waals surface area contributed by atoms with Crippen LogP contribution in [0.2, 0.25) is 0 Å². The van der Waals surface area contributed by atoms with E-state index in [4.69, 9.17) is 14.7 Å². The van der Waals surface area contributed by atoms with Gasteiger partial charge in [0.05, 0.1) is 18.8 Å². The Labute approximate surface area is 258 Å². The normalized spacial score (nSPS) is 19.0. The van der Waals surface area contributed by atoms with E-state index in [2.05, 4.69) is 65.3 Å². The predicted molar refractivity (Wildman–Crippen MR) is 176 cm³/mol. The topological polar surface area (TPSA) is 90.5 Å². The van der Waals surface area contributed by atoms with Gasteiger partial charge in [0.15, 0.2) is 5.75 Å². The summed E-state index contributed by atoms with van der Waals surface area (Å²) in [5.41, 5.74) is 6.19. The highest BCUT2D eigenvalue weighted by Crippen LogP contribution is 2.47. The Balaban J connectivity index is 1.37. The van der Waals surface area contributed by atoms with Crippen LogP contribution in [0.1, 0.15) is 48.6 Å². The number of methoxy groups -OCH3 is 1. The first-order chi connectivity index (χ1) is 21.3. The first-order valence-electron chi connectivity index (χ1n) is 15.7. The molecule has 2 aromatic carbocycles. The standard InChI is InChI=1S/C35H41N7O2/c1-6-23-18-25-31(32(44-5)30(23)29-22(3)8-9-27-26(29)19-36-39-27)37-33(24-10-14-40(4)15-11-24)38-34(25)41-16-12-35(13-17-41)20-42(21-35)28(43)7-2/h6-9,18-19,24H,1-2,10-17,20-21H2,3-5H3,(H,36,39). The van der Waals surface area contributed by atoms with Gasteiger partial charge < -0.3 is 19.4 Å². The quantitative estimate of drug-likeness (QED) is 0.294. The molecular weight excluding hydrogens is 550 g/mol. The smallest absolute Gasteiger partial charge is 0.245 e. The van der Waals surface area contributed by atoms with Crippen molar-refractivity contribution >= 4 is 39.6 Å². The largest absolute Gasteiger partial charge is 0.494 e. The molecule has 3 aliphatic heterocycles. The number of piperidine rings is 2. The molecule has 9 heteroatoms. The second-order valence-corrected chi connectivity index (χ2v) is 12.9. The summed E-state index contributed by atoms with van der Waals surface area (Å²) in [6.07, 6.45) is 9.33. The van der Waals surface area contributed by atoms with E-state index in [1.807, 2.05) is 17.2 Å². The Morgan fingerprint density at radius 1 is 1.07 bits per heavy atom. The molecule has 0 atom stereocenters. The molecule has 1 N–H and O–H groups in total. The van der Waals surface area contributed by atoms with Gasteiger partial charge in [-0.3, -0.25) is 9.89 Å². The van der Waals surface area contributed by atoms with Crippen LogP contribution in [0.15, 0.2) is 43.6 Å². The van der Waals surface area contributed by atoms with Crippen LogP contribution in [0.25, 0.3) is 39.0 Å². The number of carbonyl (C=O) groups excluding carboxylic acids is 1. The van der Waals surface area contributed by atoms with Crippen LogP contribution < -0.4 is 9.64 Å². The van der Waals surface area contributed by atoms with Gasteiger partial charge in [-0.05, 0) is 87.6 Å². The van der Waals surface area contributed by atoms with Crippen molar-refractivity contribution in [1.29, 1.82) is 0 Å². The summed E-state index contributed by atoms with van der Waals surface area (Å²) in [5, 5.41) is 9.50. The van der Waals surface area contributed by atoms with Gasteiger partial charge in [-0.15, -0.1) is 0 Å². The fourth-order valence-electron chi connectivity index (χ4n) is 7.58. The number of hydrogen-bond donors (Lipinski definition) is 1. The summed E-state index contributed by atoms with van der Waals surface area (Å²) >= 11 is 0. The molecule has 4 aromatic rings. The highest BCUT2D eigenvalue weighted by atomic mass is 16.5. The molecule has 228 valence electrons. The third kappa shape index (κ3) is 4.65. The summed E-state index contributed by atoms with van der Waals surface area (Å²) < 4.78 is 6.30. The Morgan fingerprint density at radius 2 is 1.82 bits per heavy atom. The molecule has 5 heterocycles. The minimum absolute atomic E-state index is 0.0313. The third-order valence-electron chi connectivity index (χ3n) is 10.2. The maximum Gasteiger partial charge on any atom is 0.245 e. The predicted octanol–water partition coefficient (Wildman–Crippen LogP) is 5.56. The lowest BCUT2D eigenvalue weighted by atomic mass is 9.72. The van der Waals surface area contributed by atoms with E-state index in [1.165, 1.54) is 6.08 Å². The monoisotopic (exact) mass is 591 g/mol. The molecule has 0 unspecified atom stereocenters. The second kappa shape index (κ2) is 11.0. The van der Waals surface area contributed by atoms with Gasteiger partial charge in [-0.2, -0.15) is 5.10 Å². The lowest BCUT2D eigenvalue weighted by molar-refractivity contribution is -0.139. The molecule has 3 aliphatic rings. The Morgan fingerprint density at radius 3 is 2.50 bits per heavy atom. The molecule has 0 saturated carbocycles. The first kappa shape index (κ1) is 28.5. The van der Waals surface area contributed by atoms with Gasteiger partial charge >= 0.3 is 0 Å². The maximum absolute atomic E-state index is 12.1. The Kier molecular flexibility index (Phi) is 7.16. The number of H-pyrrole nitrogens is 1. The van der Waals surface area contributed by atoms with E-state index in [0.717, 1.165) is 126 Å². The zero-order chi connectivity index (χ0) is 30.6. The van der Waals surface area contributed by atoms with Gasteiger partial charge in [0.1, 0.15) is 17.2 Å². The van der Waals surface area contributed by atoms with Gasteiger partial charge in [-0.25, -0.2) is 9.97 Å². The van der Waals surface area contributed by atoms with E-state index in [1.54, 1.807) is 7.11 Å². The highest BCUT2D eigenvalue weighted by Gasteiger charge is 2.46. The third-order valence-corrected chi connectivity index (χ3v) is 10.2. The van der Waals surface area contributed by atoms with Crippen LogP contribution in [0.4, 0.5) is 5.82 Å². The maximum atomic E-state index is 12.1. The molecule has 1 amide bonds. The van der Waals surface area contributed by atoms with E-state index in [0.29, 0.717) is 5.92 Å². The van der Waals surface area contributed by atoms with Crippen molar-refractivity contribution in [2.75, 3.05) is 58.3 Å². The summed E-state index contributed by atoms with van der Waals surface area (Å²) in [6.45, 7) is 15.5. The molecule has 0 bridgehead atoms. The number of carbonyl (C=O) groups is 1. The average Bonchev–Trinajstić information content (AvgIpc) is 3.51. The first-order valence-corrected chi connectivity index (χ1v) is 15.7. The number of aromatic nitrogens is 4. The molecule has 44 heavy (non-hydrogen) atoms. The van der Waals surface area contributed by atoms with E-state index < -0.39 is 0 Å². The van der Waals surface area contributed by atoms with Crippen LogP contribution in [0.3, 0.4) is 0 Å². The van der Waals surface area contributed by atoms with E-state index in [-0.39, 0.29) is 11.3 Å². The Hall–Kier alpha value is -4.24. The summed E-state index contributed by atoms with van der Waals surface area (Å²) in [4.78, 5) is 29.5. The van der Waals surface area contributed by atoms with E-state index in [9.17, 15) is 4.79 Å². The average molecular weight is 592 g/mol. The zero-order valence-electron chi connectivity index (χ0n) is 26.0. The van der Waals surface area contributed by atoms with Crippen molar-refractivity contribution in [3.63, 3.8) is 0 Å². The van der Waals surface area contributed by atoms with Crippen molar-refractivity contribution < 1.29 is 9.53 Å². The number of rotatable bonds is 6. The van der Waals surface area contributed by atoms with Gasteiger partial charge in [-0.1, -0.05) is 25.3 Å². The Bertz CT molecular complexity index is 1770. The zero-order valence-corrected chi connectivity index (χ0v) is 26.0. The van der Waals surface area contributed by atoms with E-state index >= 15 is 0 Å². The number of likely N-dealkylation sites (tertiary alicyclic amines) is 2. The van der Waals surface area contributed by atoms with Gasteiger partial charge in [0, 0.05) is 53.8 Å². The molecule has 0 aliphatic carbocycles. The second-order valence-electron chi connectivity index (χ2n) is 12.9. The van der Waals surface area contributed by atoms with Crippen molar-refractivity contribution in [1.82, 2.24) is 30.0 Å². The fraction of sp³-hybridized carbons (Fsp3) is 0.429. The van der Waals surface area contributed by atoms with Crippen LogP contribution in [0, 0.1) is 12.3 Å². The number of hydrogen-bond acceptors (Lipinski definition) is 7. The summed E-state index contributed by atoms with van der Waals surface area (Å²) in [6, 6.07) is 6.39. The number of anilines is 1. The number of nitrogens with one attached hydrogen (secondary N) is 1. The summed E-state index contributed by atoms with van der Waals surface area (Å²) in [5.74, 6) is 2.95. The van der Waals surface area contributed by atoms with Crippen LogP contribution in [0.5, 0.6) is 5.75 Å². The van der Waals surface area contributed by atoms with Crippen molar-refractivity contribution in [3.05, 3.63) is 60.6 Å². The van der Waals surface area contributed by atoms with Crippen LogP contribution in [-0.4, -0.2) is 89.3 Å². The summed E-state index contributed by atoms with van der Waals surface area (Å²) in [7, 11) is 3.92. The van der Waals surface area contributed by atoms with Crippen LogP contribution in [-0.2, 0) is 4.79 Å². The fourth-order valence-corrected chi connectivity index (χ4v) is 7.58. The van der Waals surface area contributed by atoms with Crippen molar-refractivity contribution in [3.8, 4) is 16.9 Å². The molecule has 2 aromatic heterocycles. The molecule has 0 radical (unpaired) electrons. The molecular formula is C35H41N7O2. The minimum atomic E-state index is 0.0313. The lowest BCUT2D eigenvalue weighted by Gasteiger charge is -2.54. The number of nitrogens with zero attached hydrogens (tertiary/aromatic N) is 6. The molecule has 3 saturated heterocycles. The number of benzene rings is 2. The SMILES string of the molecule is C=CC(=O)N1CC2(CCN(c3nc(C4CCN(C)CC4)nc4c(OC)c(-c5c(C)ccc6[nH]ncc56)c(C=C)cc34)CC2)C1. The van der Waals surface area contributed by atoms with Crippen LogP contribution >= 0.6 is 0 Å². The minimum Gasteiger partial charge on any atom is -0.494 e. The number of aryl methyl sites for hydroxylation is 1. The highest BCUT2D eigenvalue weighted by molar-refractivity contribution is 6.07. The van der Waals surface area contributed by atoms with Gasteiger partial charge in [0.2, 0.25) is 5.91 Å². The lowest BCUT2D eigenvalue weighted by Crippen LogP contribution is -2.61. The number of ether oxygens (including phenoxy) is 1. The molecule has 1 spiro atoms. The van der Waals surface area contributed by atoms with Gasteiger partial charge in [0.25, 0.3) is 0 Å². The number of fused-ring (bicyclic) bond motifs is 2. The van der Waals surface area contributed by atoms with Crippen molar-refractivity contribution in [2.24, 2.45) is 5.41 Å². The molecule has 7 rings (SSSR count).